The molecule has 1 amide bonds. The first-order valence-corrected chi connectivity index (χ1v) is 11.6. The Morgan fingerprint density at radius 2 is 1.71 bits per heavy atom. The van der Waals surface area contributed by atoms with Crippen molar-refractivity contribution in [2.45, 2.75) is 56.4 Å². The SMILES string of the molecule is Cl.O=C(CCC1CCNCC1)NCc1ccc(S(=O)(=O)N2CCCCC2)cc1. The van der Waals surface area contributed by atoms with E-state index in [-0.39, 0.29) is 18.3 Å². The second-order valence-corrected chi connectivity index (χ2v) is 9.56. The maximum absolute atomic E-state index is 12.7. The molecule has 0 saturated carbocycles. The number of nitrogens with zero attached hydrogens (tertiary/aromatic N) is 1. The highest BCUT2D eigenvalue weighted by atomic mass is 35.5. The number of sulfonamides is 1. The lowest BCUT2D eigenvalue weighted by atomic mass is 9.93. The van der Waals surface area contributed by atoms with E-state index in [0.29, 0.717) is 36.9 Å². The molecule has 8 heteroatoms. The zero-order valence-electron chi connectivity index (χ0n) is 16.4. The molecule has 1 aromatic rings. The summed E-state index contributed by atoms with van der Waals surface area (Å²) in [6, 6.07) is 6.90. The fourth-order valence-corrected chi connectivity index (χ4v) is 5.35. The molecule has 0 spiro atoms. The van der Waals surface area contributed by atoms with Gasteiger partial charge in [0, 0.05) is 26.1 Å². The number of rotatable bonds is 7. The van der Waals surface area contributed by atoms with Gasteiger partial charge in [0.05, 0.1) is 4.90 Å². The van der Waals surface area contributed by atoms with Crippen LogP contribution in [0.3, 0.4) is 0 Å². The van der Waals surface area contributed by atoms with Gasteiger partial charge in [-0.15, -0.1) is 12.4 Å². The molecule has 0 radical (unpaired) electrons. The molecule has 2 N–H and O–H groups in total. The minimum Gasteiger partial charge on any atom is -0.352 e. The average molecular weight is 430 g/mol. The summed E-state index contributed by atoms with van der Waals surface area (Å²) in [4.78, 5) is 12.4. The van der Waals surface area contributed by atoms with E-state index in [9.17, 15) is 13.2 Å². The van der Waals surface area contributed by atoms with Gasteiger partial charge < -0.3 is 10.6 Å². The van der Waals surface area contributed by atoms with Gasteiger partial charge in [0.25, 0.3) is 0 Å². The number of piperidine rings is 2. The predicted molar refractivity (Wildman–Crippen MR) is 113 cm³/mol. The van der Waals surface area contributed by atoms with Crippen LogP contribution >= 0.6 is 12.4 Å². The van der Waals surface area contributed by atoms with E-state index < -0.39 is 10.0 Å². The average Bonchev–Trinajstić information content (AvgIpc) is 2.72. The Morgan fingerprint density at radius 1 is 1.07 bits per heavy atom. The van der Waals surface area contributed by atoms with Crippen LogP contribution in [-0.2, 0) is 21.4 Å². The fourth-order valence-electron chi connectivity index (χ4n) is 3.83. The number of benzene rings is 1. The minimum absolute atomic E-state index is 0. The number of carbonyl (C=O) groups excluding carboxylic acids is 1. The van der Waals surface area contributed by atoms with E-state index in [1.54, 1.807) is 28.6 Å². The second kappa shape index (κ2) is 11.1. The quantitative estimate of drug-likeness (QED) is 0.698. The summed E-state index contributed by atoms with van der Waals surface area (Å²) in [7, 11) is -3.39. The van der Waals surface area contributed by atoms with Gasteiger partial charge in [-0.2, -0.15) is 4.31 Å². The largest absolute Gasteiger partial charge is 0.352 e. The summed E-state index contributed by atoms with van der Waals surface area (Å²) >= 11 is 0. The summed E-state index contributed by atoms with van der Waals surface area (Å²) in [6.07, 6.45) is 6.77. The van der Waals surface area contributed by atoms with E-state index in [2.05, 4.69) is 10.6 Å². The van der Waals surface area contributed by atoms with Gasteiger partial charge in [-0.1, -0.05) is 18.6 Å². The van der Waals surface area contributed by atoms with Crippen LogP contribution in [0.5, 0.6) is 0 Å². The molecule has 2 aliphatic rings. The molecule has 0 atom stereocenters. The number of nitrogens with one attached hydrogen (secondary N) is 2. The lowest BCUT2D eigenvalue weighted by Gasteiger charge is -2.25. The molecular formula is C20H32ClN3O3S. The normalized spacial score (nSPS) is 19.0. The fraction of sp³-hybridized carbons (Fsp3) is 0.650. The van der Waals surface area contributed by atoms with Gasteiger partial charge in [-0.3, -0.25) is 4.79 Å². The van der Waals surface area contributed by atoms with Crippen LogP contribution in [0.2, 0.25) is 0 Å². The Labute approximate surface area is 174 Å². The van der Waals surface area contributed by atoms with Crippen LogP contribution in [0.1, 0.15) is 50.5 Å². The summed E-state index contributed by atoms with van der Waals surface area (Å²) in [6.45, 7) is 3.77. The number of hydrogen-bond acceptors (Lipinski definition) is 4. The molecule has 0 aliphatic carbocycles. The molecule has 2 saturated heterocycles. The molecular weight excluding hydrogens is 398 g/mol. The molecule has 3 rings (SSSR count). The molecule has 28 heavy (non-hydrogen) atoms. The van der Waals surface area contributed by atoms with Crippen LogP contribution in [-0.4, -0.2) is 44.8 Å². The lowest BCUT2D eigenvalue weighted by molar-refractivity contribution is -0.121. The zero-order valence-corrected chi connectivity index (χ0v) is 18.0. The topological polar surface area (TPSA) is 78.5 Å². The van der Waals surface area contributed by atoms with E-state index in [0.717, 1.165) is 57.2 Å². The van der Waals surface area contributed by atoms with E-state index in [4.69, 9.17) is 0 Å². The molecule has 6 nitrogen and oxygen atoms in total. The molecule has 158 valence electrons. The molecule has 2 aliphatic heterocycles. The Kier molecular flexibility index (Phi) is 9.21. The highest BCUT2D eigenvalue weighted by Gasteiger charge is 2.25. The first-order valence-electron chi connectivity index (χ1n) is 10.1. The van der Waals surface area contributed by atoms with Gasteiger partial charge in [0.15, 0.2) is 0 Å². The van der Waals surface area contributed by atoms with Gasteiger partial charge in [-0.05, 0) is 68.8 Å². The van der Waals surface area contributed by atoms with Crippen molar-refractivity contribution in [1.82, 2.24) is 14.9 Å². The van der Waals surface area contributed by atoms with Gasteiger partial charge in [0.1, 0.15) is 0 Å². The summed E-state index contributed by atoms with van der Waals surface area (Å²) in [5.41, 5.74) is 0.919. The monoisotopic (exact) mass is 429 g/mol. The van der Waals surface area contributed by atoms with Crippen LogP contribution in [0.25, 0.3) is 0 Å². The van der Waals surface area contributed by atoms with Gasteiger partial charge in [-0.25, -0.2) is 8.42 Å². The summed E-state index contributed by atoms with van der Waals surface area (Å²) < 4.78 is 26.9. The number of carbonyl (C=O) groups is 1. The molecule has 2 fully saturated rings. The zero-order chi connectivity index (χ0) is 19.1. The smallest absolute Gasteiger partial charge is 0.243 e. The van der Waals surface area contributed by atoms with Crippen molar-refractivity contribution in [3.8, 4) is 0 Å². The minimum atomic E-state index is -3.39. The Morgan fingerprint density at radius 3 is 2.36 bits per heavy atom. The Bertz CT molecular complexity index is 713. The van der Waals surface area contributed by atoms with Crippen LogP contribution < -0.4 is 10.6 Å². The molecule has 2 heterocycles. The number of halogens is 1. The first kappa shape index (κ1) is 23.1. The lowest BCUT2D eigenvalue weighted by Crippen LogP contribution is -2.35. The third-order valence-corrected chi connectivity index (χ3v) is 7.52. The van der Waals surface area contributed by atoms with Crippen molar-refractivity contribution in [2.75, 3.05) is 26.2 Å². The molecule has 0 unspecified atom stereocenters. The second-order valence-electron chi connectivity index (χ2n) is 7.62. The van der Waals surface area contributed by atoms with E-state index in [1.165, 1.54) is 0 Å². The third-order valence-electron chi connectivity index (χ3n) is 5.60. The van der Waals surface area contributed by atoms with Crippen LogP contribution in [0.15, 0.2) is 29.2 Å². The van der Waals surface area contributed by atoms with Crippen LogP contribution in [0, 0.1) is 5.92 Å². The maximum Gasteiger partial charge on any atom is 0.243 e. The van der Waals surface area contributed by atoms with Crippen molar-refractivity contribution >= 4 is 28.3 Å². The van der Waals surface area contributed by atoms with Crippen LogP contribution in [0.4, 0.5) is 0 Å². The van der Waals surface area contributed by atoms with E-state index in [1.807, 2.05) is 0 Å². The number of hydrogen-bond donors (Lipinski definition) is 2. The molecule has 0 aromatic heterocycles. The van der Waals surface area contributed by atoms with Crippen molar-refractivity contribution in [1.29, 1.82) is 0 Å². The first-order chi connectivity index (χ1) is 13.1. The molecule has 0 bridgehead atoms. The van der Waals surface area contributed by atoms with Crippen molar-refractivity contribution < 1.29 is 13.2 Å². The van der Waals surface area contributed by atoms with Crippen molar-refractivity contribution in [3.63, 3.8) is 0 Å². The highest BCUT2D eigenvalue weighted by Crippen LogP contribution is 2.21. The standard InChI is InChI=1S/C20H31N3O3S.ClH/c24-20(9-6-17-10-12-21-13-11-17)22-16-18-4-7-19(8-5-18)27(25,26)23-14-2-1-3-15-23;/h4-5,7-8,17,21H,1-3,6,9-16H2,(H,22,24);1H. The predicted octanol–water partition coefficient (Wildman–Crippen LogP) is 2.68. The summed E-state index contributed by atoms with van der Waals surface area (Å²) in [5, 5.41) is 6.28. The maximum atomic E-state index is 12.7. The van der Waals surface area contributed by atoms with E-state index >= 15 is 0 Å². The molecule has 1 aromatic carbocycles. The summed E-state index contributed by atoms with van der Waals surface area (Å²) in [5.74, 6) is 0.717. The Hall–Kier alpha value is -1.15. The number of amides is 1. The highest BCUT2D eigenvalue weighted by molar-refractivity contribution is 7.89. The Balaban J connectivity index is 0.00000280. The van der Waals surface area contributed by atoms with Gasteiger partial charge >= 0.3 is 0 Å². The third kappa shape index (κ3) is 6.44. The van der Waals surface area contributed by atoms with Crippen molar-refractivity contribution in [3.05, 3.63) is 29.8 Å². The van der Waals surface area contributed by atoms with Gasteiger partial charge in [0.2, 0.25) is 15.9 Å². The van der Waals surface area contributed by atoms with Crippen molar-refractivity contribution in [2.24, 2.45) is 5.92 Å².